The maximum absolute atomic E-state index is 13.0. The van der Waals surface area contributed by atoms with Gasteiger partial charge in [0.05, 0.1) is 22.8 Å². The Morgan fingerprint density at radius 2 is 2.00 bits per heavy atom. The highest BCUT2D eigenvalue weighted by atomic mass is 35.5. The molecule has 3 rings (SSSR count). The van der Waals surface area contributed by atoms with E-state index >= 15 is 0 Å². The van der Waals surface area contributed by atoms with Crippen molar-refractivity contribution in [3.8, 4) is 0 Å². The SMILES string of the molecule is CC(C)c1nc2c(n1C)CCN(C(=O)c1ccc(Cl)c(C(F)(F)F)c1)C2. The number of halogens is 4. The molecule has 1 aliphatic heterocycles. The van der Waals surface area contributed by atoms with Crippen molar-refractivity contribution < 1.29 is 18.0 Å². The molecule has 1 amide bonds. The fraction of sp³-hybridized carbons (Fsp3) is 0.444. The van der Waals surface area contributed by atoms with E-state index in [-0.39, 0.29) is 11.5 Å². The van der Waals surface area contributed by atoms with Crippen LogP contribution in [0.1, 0.15) is 52.9 Å². The van der Waals surface area contributed by atoms with Gasteiger partial charge in [0, 0.05) is 37.2 Å². The molecule has 140 valence electrons. The number of imidazole rings is 1. The summed E-state index contributed by atoms with van der Waals surface area (Å²) in [5, 5.41) is -0.415. The van der Waals surface area contributed by atoms with Crippen LogP contribution in [0, 0.1) is 0 Å². The predicted molar refractivity (Wildman–Crippen MR) is 92.2 cm³/mol. The Bertz CT molecular complexity index is 858. The van der Waals surface area contributed by atoms with Crippen molar-refractivity contribution in [3.63, 3.8) is 0 Å². The second kappa shape index (κ2) is 6.61. The number of carbonyl (C=O) groups excluding carboxylic acids is 1. The summed E-state index contributed by atoms with van der Waals surface area (Å²) < 4.78 is 41.1. The van der Waals surface area contributed by atoms with Crippen molar-refractivity contribution >= 4 is 17.5 Å². The molecule has 2 heterocycles. The molecule has 1 aliphatic rings. The van der Waals surface area contributed by atoms with E-state index in [1.807, 2.05) is 25.5 Å². The lowest BCUT2D eigenvalue weighted by Crippen LogP contribution is -2.36. The first-order valence-electron chi connectivity index (χ1n) is 8.30. The average Bonchev–Trinajstić information content (AvgIpc) is 2.90. The Hall–Kier alpha value is -2.02. The lowest BCUT2D eigenvalue weighted by atomic mass is 10.1. The lowest BCUT2D eigenvalue weighted by Gasteiger charge is -2.27. The molecule has 0 saturated carbocycles. The molecule has 0 atom stereocenters. The van der Waals surface area contributed by atoms with E-state index in [4.69, 9.17) is 11.6 Å². The van der Waals surface area contributed by atoms with Gasteiger partial charge in [-0.25, -0.2) is 4.98 Å². The minimum absolute atomic E-state index is 0.0230. The van der Waals surface area contributed by atoms with Crippen LogP contribution in [0.2, 0.25) is 5.02 Å². The Morgan fingerprint density at radius 1 is 1.31 bits per heavy atom. The minimum atomic E-state index is -4.60. The normalized spacial score (nSPS) is 14.7. The molecule has 0 N–H and O–H groups in total. The first kappa shape index (κ1) is 18.8. The number of carbonyl (C=O) groups is 1. The van der Waals surface area contributed by atoms with Gasteiger partial charge in [0.25, 0.3) is 5.91 Å². The summed E-state index contributed by atoms with van der Waals surface area (Å²) in [6.45, 7) is 4.82. The molecule has 8 heteroatoms. The van der Waals surface area contributed by atoms with Crippen molar-refractivity contribution in [2.75, 3.05) is 6.54 Å². The highest BCUT2D eigenvalue weighted by Gasteiger charge is 2.34. The number of hydrogen-bond donors (Lipinski definition) is 0. The monoisotopic (exact) mass is 385 g/mol. The highest BCUT2D eigenvalue weighted by molar-refractivity contribution is 6.31. The van der Waals surface area contributed by atoms with Crippen LogP contribution in [-0.2, 0) is 26.2 Å². The summed E-state index contributed by atoms with van der Waals surface area (Å²) >= 11 is 5.63. The first-order chi connectivity index (χ1) is 12.1. The van der Waals surface area contributed by atoms with E-state index in [9.17, 15) is 18.0 Å². The van der Waals surface area contributed by atoms with E-state index in [0.29, 0.717) is 19.5 Å². The van der Waals surface area contributed by atoms with Gasteiger partial charge >= 0.3 is 6.18 Å². The van der Waals surface area contributed by atoms with Crippen LogP contribution in [0.5, 0.6) is 0 Å². The zero-order chi connectivity index (χ0) is 19.2. The van der Waals surface area contributed by atoms with Crippen LogP contribution in [0.25, 0.3) is 0 Å². The largest absolute Gasteiger partial charge is 0.417 e. The average molecular weight is 386 g/mol. The first-order valence-corrected chi connectivity index (χ1v) is 8.67. The Kier molecular flexibility index (Phi) is 4.77. The van der Waals surface area contributed by atoms with Gasteiger partial charge in [-0.2, -0.15) is 13.2 Å². The minimum Gasteiger partial charge on any atom is -0.334 e. The van der Waals surface area contributed by atoms with Gasteiger partial charge < -0.3 is 9.47 Å². The van der Waals surface area contributed by atoms with Gasteiger partial charge in [-0.05, 0) is 18.2 Å². The van der Waals surface area contributed by atoms with E-state index < -0.39 is 22.7 Å². The zero-order valence-electron chi connectivity index (χ0n) is 14.7. The molecule has 0 unspecified atom stereocenters. The summed E-state index contributed by atoms with van der Waals surface area (Å²) in [5.74, 6) is 0.741. The molecule has 0 radical (unpaired) electrons. The fourth-order valence-electron chi connectivity index (χ4n) is 3.30. The standard InChI is InChI=1S/C18H19ClF3N3O/c1-10(2)16-23-14-9-25(7-6-15(14)24(16)3)17(26)11-4-5-13(19)12(8-11)18(20,21)22/h4-5,8,10H,6-7,9H2,1-3H3. The highest BCUT2D eigenvalue weighted by Crippen LogP contribution is 2.35. The van der Waals surface area contributed by atoms with Crippen molar-refractivity contribution in [3.05, 3.63) is 51.6 Å². The third kappa shape index (κ3) is 3.32. The lowest BCUT2D eigenvalue weighted by molar-refractivity contribution is -0.137. The van der Waals surface area contributed by atoms with Crippen LogP contribution < -0.4 is 0 Å². The number of aromatic nitrogens is 2. The van der Waals surface area contributed by atoms with Crippen LogP contribution >= 0.6 is 11.6 Å². The van der Waals surface area contributed by atoms with E-state index in [0.717, 1.165) is 29.3 Å². The molecular formula is C18H19ClF3N3O. The van der Waals surface area contributed by atoms with Gasteiger partial charge in [-0.1, -0.05) is 25.4 Å². The third-order valence-corrected chi connectivity index (χ3v) is 4.94. The van der Waals surface area contributed by atoms with Gasteiger partial charge in [0.2, 0.25) is 0 Å². The molecular weight excluding hydrogens is 367 g/mol. The van der Waals surface area contributed by atoms with Crippen molar-refractivity contribution in [1.82, 2.24) is 14.5 Å². The second-order valence-electron chi connectivity index (χ2n) is 6.75. The summed E-state index contributed by atoms with van der Waals surface area (Å²) in [4.78, 5) is 18.9. The molecule has 2 aromatic rings. The molecule has 0 spiro atoms. The number of rotatable bonds is 2. The number of benzene rings is 1. The van der Waals surface area contributed by atoms with Crippen molar-refractivity contribution in [2.45, 2.75) is 38.9 Å². The van der Waals surface area contributed by atoms with Gasteiger partial charge in [-0.15, -0.1) is 0 Å². The summed E-state index contributed by atoms with van der Waals surface area (Å²) in [6.07, 6.45) is -3.98. The number of amides is 1. The summed E-state index contributed by atoms with van der Waals surface area (Å²) in [6, 6.07) is 3.26. The molecule has 0 saturated heterocycles. The maximum Gasteiger partial charge on any atom is 0.417 e. The van der Waals surface area contributed by atoms with Crippen molar-refractivity contribution in [2.24, 2.45) is 7.05 Å². The quantitative estimate of drug-likeness (QED) is 0.767. The Morgan fingerprint density at radius 3 is 2.62 bits per heavy atom. The van der Waals surface area contributed by atoms with E-state index in [2.05, 4.69) is 4.98 Å². The van der Waals surface area contributed by atoms with Crippen LogP contribution in [0.3, 0.4) is 0 Å². The molecule has 0 aliphatic carbocycles. The van der Waals surface area contributed by atoms with Crippen LogP contribution in [0.4, 0.5) is 13.2 Å². The summed E-state index contributed by atoms with van der Waals surface area (Å²) in [5.41, 5.74) is 0.860. The number of alkyl halides is 3. The van der Waals surface area contributed by atoms with Crippen LogP contribution in [-0.4, -0.2) is 26.9 Å². The third-order valence-electron chi connectivity index (χ3n) is 4.61. The molecule has 1 aromatic heterocycles. The van der Waals surface area contributed by atoms with Gasteiger partial charge in [0.15, 0.2) is 0 Å². The molecule has 26 heavy (non-hydrogen) atoms. The zero-order valence-corrected chi connectivity index (χ0v) is 15.4. The number of fused-ring (bicyclic) bond motifs is 1. The summed E-state index contributed by atoms with van der Waals surface area (Å²) in [7, 11) is 1.95. The van der Waals surface area contributed by atoms with Crippen LogP contribution in [0.15, 0.2) is 18.2 Å². The number of nitrogens with zero attached hydrogens (tertiary/aromatic N) is 3. The molecule has 0 fully saturated rings. The van der Waals surface area contributed by atoms with Crippen molar-refractivity contribution in [1.29, 1.82) is 0 Å². The second-order valence-corrected chi connectivity index (χ2v) is 7.15. The smallest absolute Gasteiger partial charge is 0.334 e. The molecule has 0 bridgehead atoms. The fourth-order valence-corrected chi connectivity index (χ4v) is 3.52. The predicted octanol–water partition coefficient (Wildman–Crippen LogP) is 4.41. The van der Waals surface area contributed by atoms with E-state index in [1.54, 1.807) is 0 Å². The molecule has 1 aromatic carbocycles. The Balaban J connectivity index is 1.88. The van der Waals surface area contributed by atoms with E-state index in [1.165, 1.54) is 11.0 Å². The molecule has 4 nitrogen and oxygen atoms in total. The number of hydrogen-bond acceptors (Lipinski definition) is 2. The van der Waals surface area contributed by atoms with Gasteiger partial charge in [0.1, 0.15) is 5.82 Å². The topological polar surface area (TPSA) is 38.1 Å². The van der Waals surface area contributed by atoms with Gasteiger partial charge in [-0.3, -0.25) is 4.79 Å². The maximum atomic E-state index is 13.0. The Labute approximate surface area is 154 Å².